The number of nitrogens with zero attached hydrogens (tertiary/aromatic N) is 2. The van der Waals surface area contributed by atoms with Crippen LogP contribution in [0.25, 0.3) is 11.0 Å². The lowest BCUT2D eigenvalue weighted by Crippen LogP contribution is -2.22. The highest BCUT2D eigenvalue weighted by Gasteiger charge is 2.18. The summed E-state index contributed by atoms with van der Waals surface area (Å²) >= 11 is 3.49. The van der Waals surface area contributed by atoms with Crippen molar-refractivity contribution in [2.45, 2.75) is 19.3 Å². The number of anilines is 2. The molecule has 1 aliphatic rings. The molecule has 128 valence electrons. The normalized spacial score (nSPS) is 14.2. The monoisotopic (exact) mass is 399 g/mol. The zero-order valence-electron chi connectivity index (χ0n) is 13.7. The largest absolute Gasteiger partial charge is 0.370 e. The molecule has 2 aromatic carbocycles. The van der Waals surface area contributed by atoms with Gasteiger partial charge in [0.1, 0.15) is 5.69 Å². The third-order valence-electron chi connectivity index (χ3n) is 4.46. The number of para-hydroxylation sites is 1. The van der Waals surface area contributed by atoms with E-state index in [1.807, 2.05) is 36.4 Å². The minimum Gasteiger partial charge on any atom is -0.370 e. The number of hydrogen-bond donors (Lipinski definition) is 1. The van der Waals surface area contributed by atoms with E-state index in [1.54, 1.807) is 0 Å². The summed E-state index contributed by atoms with van der Waals surface area (Å²) in [6.45, 7) is 2.05. The van der Waals surface area contributed by atoms with Crippen LogP contribution in [0.4, 0.5) is 11.4 Å². The molecule has 0 saturated carbocycles. The number of amides is 1. The van der Waals surface area contributed by atoms with Gasteiger partial charge in [-0.1, -0.05) is 33.2 Å². The molecule has 0 atom stereocenters. The molecule has 1 fully saturated rings. The number of rotatable bonds is 4. The van der Waals surface area contributed by atoms with Crippen LogP contribution >= 0.6 is 15.9 Å². The van der Waals surface area contributed by atoms with Crippen LogP contribution in [0, 0.1) is 0 Å². The maximum atomic E-state index is 12.6. The Morgan fingerprint density at radius 1 is 1.20 bits per heavy atom. The van der Waals surface area contributed by atoms with E-state index in [1.165, 1.54) is 12.8 Å². The molecule has 1 N–H and O–H groups in total. The maximum absolute atomic E-state index is 12.6. The van der Waals surface area contributed by atoms with Crippen molar-refractivity contribution >= 4 is 44.2 Å². The van der Waals surface area contributed by atoms with Crippen molar-refractivity contribution in [3.63, 3.8) is 0 Å². The summed E-state index contributed by atoms with van der Waals surface area (Å²) < 4.78 is 6.22. The van der Waals surface area contributed by atoms with E-state index in [0.717, 1.165) is 34.3 Å². The van der Waals surface area contributed by atoms with Gasteiger partial charge in [-0.3, -0.25) is 4.79 Å². The molecule has 0 bridgehead atoms. The first-order valence-electron chi connectivity index (χ1n) is 8.38. The number of nitrogens with one attached hydrogen (secondary N) is 1. The van der Waals surface area contributed by atoms with Crippen LogP contribution in [-0.2, 0) is 11.2 Å². The number of halogens is 1. The minimum atomic E-state index is -0.0994. The molecule has 0 radical (unpaired) electrons. The van der Waals surface area contributed by atoms with Crippen LogP contribution in [-0.4, -0.2) is 24.2 Å². The minimum absolute atomic E-state index is 0.0994. The quantitative estimate of drug-likeness (QED) is 0.707. The molecule has 1 saturated heterocycles. The van der Waals surface area contributed by atoms with Gasteiger partial charge in [0.15, 0.2) is 5.58 Å². The summed E-state index contributed by atoms with van der Waals surface area (Å²) in [5, 5.41) is 7.96. The third kappa shape index (κ3) is 3.39. The Bertz CT molecular complexity index is 916. The molecule has 6 heteroatoms. The molecule has 2 heterocycles. The lowest BCUT2D eigenvalue weighted by atomic mass is 10.1. The van der Waals surface area contributed by atoms with Gasteiger partial charge in [-0.2, -0.15) is 0 Å². The van der Waals surface area contributed by atoms with E-state index in [2.05, 4.69) is 37.4 Å². The zero-order valence-corrected chi connectivity index (χ0v) is 15.3. The number of aromatic nitrogens is 1. The van der Waals surface area contributed by atoms with E-state index in [-0.39, 0.29) is 12.3 Å². The van der Waals surface area contributed by atoms with Crippen molar-refractivity contribution in [3.8, 4) is 0 Å². The molecule has 0 spiro atoms. The predicted molar refractivity (Wildman–Crippen MR) is 102 cm³/mol. The average Bonchev–Trinajstić information content (AvgIpc) is 3.26. The molecule has 0 unspecified atom stereocenters. The fourth-order valence-corrected chi connectivity index (χ4v) is 3.62. The molecular formula is C19H18BrN3O2. The Morgan fingerprint density at radius 2 is 2.00 bits per heavy atom. The van der Waals surface area contributed by atoms with Crippen molar-refractivity contribution in [3.05, 3.63) is 52.6 Å². The number of carbonyl (C=O) groups is 1. The predicted octanol–water partition coefficient (Wildman–Crippen LogP) is 4.37. The van der Waals surface area contributed by atoms with E-state index in [9.17, 15) is 4.79 Å². The van der Waals surface area contributed by atoms with E-state index in [4.69, 9.17) is 4.52 Å². The molecule has 1 aliphatic heterocycles. The maximum Gasteiger partial charge on any atom is 0.230 e. The van der Waals surface area contributed by atoms with Crippen molar-refractivity contribution < 1.29 is 9.32 Å². The van der Waals surface area contributed by atoms with Crippen molar-refractivity contribution in [1.82, 2.24) is 5.16 Å². The fourth-order valence-electron chi connectivity index (χ4n) is 3.25. The van der Waals surface area contributed by atoms with Gasteiger partial charge < -0.3 is 14.7 Å². The third-order valence-corrected chi connectivity index (χ3v) is 4.95. The van der Waals surface area contributed by atoms with Crippen molar-refractivity contribution in [2.24, 2.45) is 0 Å². The Kier molecular flexibility index (Phi) is 4.44. The SMILES string of the molecule is O=C(Cc1noc2ccccc12)Nc1cc(Br)ccc1N1CCCC1. The summed E-state index contributed by atoms with van der Waals surface area (Å²) in [6, 6.07) is 13.6. The number of carbonyl (C=O) groups excluding carboxylic acids is 1. The van der Waals surface area contributed by atoms with Crippen LogP contribution in [0.15, 0.2) is 51.5 Å². The highest BCUT2D eigenvalue weighted by atomic mass is 79.9. The molecule has 1 aromatic heterocycles. The highest BCUT2D eigenvalue weighted by molar-refractivity contribution is 9.10. The summed E-state index contributed by atoms with van der Waals surface area (Å²) in [5.41, 5.74) is 3.25. The Hall–Kier alpha value is -2.34. The second-order valence-corrected chi connectivity index (χ2v) is 7.12. The summed E-state index contributed by atoms with van der Waals surface area (Å²) in [6.07, 6.45) is 2.56. The second-order valence-electron chi connectivity index (χ2n) is 6.21. The van der Waals surface area contributed by atoms with Gasteiger partial charge in [-0.25, -0.2) is 0 Å². The van der Waals surface area contributed by atoms with E-state index >= 15 is 0 Å². The number of benzene rings is 2. The summed E-state index contributed by atoms with van der Waals surface area (Å²) in [5.74, 6) is -0.0994. The molecule has 25 heavy (non-hydrogen) atoms. The molecular weight excluding hydrogens is 382 g/mol. The topological polar surface area (TPSA) is 58.4 Å². The van der Waals surface area contributed by atoms with Crippen LogP contribution in [0.1, 0.15) is 18.5 Å². The smallest absolute Gasteiger partial charge is 0.230 e. The highest BCUT2D eigenvalue weighted by Crippen LogP contribution is 2.32. The average molecular weight is 400 g/mol. The van der Waals surface area contributed by atoms with Crippen LogP contribution < -0.4 is 10.2 Å². The summed E-state index contributed by atoms with van der Waals surface area (Å²) in [7, 11) is 0. The van der Waals surface area contributed by atoms with Crippen molar-refractivity contribution in [1.29, 1.82) is 0 Å². The van der Waals surface area contributed by atoms with Gasteiger partial charge in [0.05, 0.1) is 17.8 Å². The first-order chi connectivity index (χ1) is 12.2. The van der Waals surface area contributed by atoms with Crippen LogP contribution in [0.5, 0.6) is 0 Å². The van der Waals surface area contributed by atoms with Gasteiger partial charge in [0.2, 0.25) is 5.91 Å². The van der Waals surface area contributed by atoms with Crippen LogP contribution in [0.3, 0.4) is 0 Å². The van der Waals surface area contributed by atoms with Gasteiger partial charge in [0.25, 0.3) is 0 Å². The van der Waals surface area contributed by atoms with Crippen LogP contribution in [0.2, 0.25) is 0 Å². The second kappa shape index (κ2) is 6.88. The summed E-state index contributed by atoms with van der Waals surface area (Å²) in [4.78, 5) is 14.9. The van der Waals surface area contributed by atoms with Gasteiger partial charge in [-0.05, 0) is 43.2 Å². The Balaban J connectivity index is 1.55. The lowest BCUT2D eigenvalue weighted by molar-refractivity contribution is -0.115. The molecule has 3 aromatic rings. The lowest BCUT2D eigenvalue weighted by Gasteiger charge is -2.21. The molecule has 0 aliphatic carbocycles. The standard InChI is InChI=1S/C19H18BrN3O2/c20-13-7-8-17(23-9-3-4-10-23)16(11-13)21-19(24)12-15-14-5-1-2-6-18(14)25-22-15/h1-2,5-8,11H,3-4,9-10,12H2,(H,21,24). The zero-order chi connectivity index (χ0) is 17.2. The van der Waals surface area contributed by atoms with Gasteiger partial charge >= 0.3 is 0 Å². The van der Waals surface area contributed by atoms with E-state index < -0.39 is 0 Å². The van der Waals surface area contributed by atoms with Gasteiger partial charge in [0, 0.05) is 22.9 Å². The molecule has 4 rings (SSSR count). The Labute approximate surface area is 154 Å². The number of hydrogen-bond acceptors (Lipinski definition) is 4. The fraction of sp³-hybridized carbons (Fsp3) is 0.263. The van der Waals surface area contributed by atoms with E-state index in [0.29, 0.717) is 11.3 Å². The molecule has 5 nitrogen and oxygen atoms in total. The first kappa shape index (κ1) is 16.1. The van der Waals surface area contributed by atoms with Crippen molar-refractivity contribution in [2.75, 3.05) is 23.3 Å². The van der Waals surface area contributed by atoms with Gasteiger partial charge in [-0.15, -0.1) is 0 Å². The first-order valence-corrected chi connectivity index (χ1v) is 9.17. The molecule has 1 amide bonds. The number of fused-ring (bicyclic) bond motifs is 1. The Morgan fingerprint density at radius 3 is 2.84 bits per heavy atom.